The average molecular weight is 207 g/mol. The van der Waals surface area contributed by atoms with E-state index in [1.165, 1.54) is 0 Å². The van der Waals surface area contributed by atoms with Crippen molar-refractivity contribution in [1.82, 2.24) is 0 Å². The molecule has 0 saturated heterocycles. The van der Waals surface area contributed by atoms with E-state index in [9.17, 15) is 4.79 Å². The van der Waals surface area contributed by atoms with Crippen LogP contribution in [0.5, 0.6) is 0 Å². The summed E-state index contributed by atoms with van der Waals surface area (Å²) in [5.41, 5.74) is 1.48. The van der Waals surface area contributed by atoms with Gasteiger partial charge in [-0.15, -0.1) is 0 Å². The molecule has 3 heteroatoms. The van der Waals surface area contributed by atoms with Crippen molar-refractivity contribution in [2.24, 2.45) is 5.41 Å². The Balaban J connectivity index is 2.61. The fourth-order valence-electron chi connectivity index (χ4n) is 1.10. The summed E-state index contributed by atoms with van der Waals surface area (Å²) in [6.07, 6.45) is 0. The summed E-state index contributed by atoms with van der Waals surface area (Å²) < 4.78 is 0. The van der Waals surface area contributed by atoms with Crippen LogP contribution in [0.4, 0.5) is 5.69 Å². The number of aromatic carboxylic acids is 1. The minimum absolute atomic E-state index is 0.214. The lowest BCUT2D eigenvalue weighted by Crippen LogP contribution is -2.18. The molecule has 1 aromatic carbocycles. The van der Waals surface area contributed by atoms with Crippen LogP contribution in [0.1, 0.15) is 31.1 Å². The van der Waals surface area contributed by atoms with E-state index in [0.717, 1.165) is 12.2 Å². The molecular weight excluding hydrogens is 190 g/mol. The SMILES string of the molecule is CC(C)(C)CNc1ccc(C(=O)O)cc1. The number of hydrogen-bond acceptors (Lipinski definition) is 2. The summed E-state index contributed by atoms with van der Waals surface area (Å²) in [6, 6.07) is 6.78. The molecule has 0 fully saturated rings. The number of nitrogens with one attached hydrogen (secondary N) is 1. The van der Waals surface area contributed by atoms with Crippen molar-refractivity contribution in [3.05, 3.63) is 29.8 Å². The fourth-order valence-corrected chi connectivity index (χ4v) is 1.10. The van der Waals surface area contributed by atoms with Crippen LogP contribution in [-0.2, 0) is 0 Å². The van der Waals surface area contributed by atoms with Gasteiger partial charge in [-0.05, 0) is 29.7 Å². The molecular formula is C12H17NO2. The average Bonchev–Trinajstić information content (AvgIpc) is 2.14. The van der Waals surface area contributed by atoms with Gasteiger partial charge in [0.05, 0.1) is 5.56 Å². The third kappa shape index (κ3) is 4.02. The Hall–Kier alpha value is -1.51. The normalized spacial score (nSPS) is 11.1. The van der Waals surface area contributed by atoms with Crippen LogP contribution >= 0.6 is 0 Å². The Labute approximate surface area is 90.1 Å². The van der Waals surface area contributed by atoms with Gasteiger partial charge in [-0.3, -0.25) is 0 Å². The highest BCUT2D eigenvalue weighted by Crippen LogP contribution is 2.15. The predicted octanol–water partition coefficient (Wildman–Crippen LogP) is 2.84. The third-order valence-corrected chi connectivity index (χ3v) is 1.95. The number of carbonyl (C=O) groups is 1. The summed E-state index contributed by atoms with van der Waals surface area (Å²) in [5, 5.41) is 12.0. The first-order valence-electron chi connectivity index (χ1n) is 4.96. The van der Waals surface area contributed by atoms with Gasteiger partial charge in [-0.2, -0.15) is 0 Å². The molecule has 3 nitrogen and oxygen atoms in total. The van der Waals surface area contributed by atoms with Gasteiger partial charge in [0.25, 0.3) is 0 Å². The van der Waals surface area contributed by atoms with Crippen LogP contribution in [0.2, 0.25) is 0 Å². The van der Waals surface area contributed by atoms with Crippen molar-refractivity contribution in [2.45, 2.75) is 20.8 Å². The van der Waals surface area contributed by atoms with Gasteiger partial charge in [0.2, 0.25) is 0 Å². The highest BCUT2D eigenvalue weighted by molar-refractivity contribution is 5.87. The molecule has 0 heterocycles. The molecule has 82 valence electrons. The number of benzene rings is 1. The molecule has 0 radical (unpaired) electrons. The van der Waals surface area contributed by atoms with Gasteiger partial charge in [0.1, 0.15) is 0 Å². The van der Waals surface area contributed by atoms with E-state index in [2.05, 4.69) is 26.1 Å². The van der Waals surface area contributed by atoms with E-state index in [1.54, 1.807) is 24.3 Å². The zero-order valence-corrected chi connectivity index (χ0v) is 9.37. The summed E-state index contributed by atoms with van der Waals surface area (Å²) in [6.45, 7) is 7.29. The molecule has 1 rings (SSSR count). The van der Waals surface area contributed by atoms with Gasteiger partial charge in [-0.25, -0.2) is 4.79 Å². The van der Waals surface area contributed by atoms with Gasteiger partial charge in [0, 0.05) is 12.2 Å². The van der Waals surface area contributed by atoms with Crippen molar-refractivity contribution in [3.8, 4) is 0 Å². The standard InChI is InChI=1S/C12H17NO2/c1-12(2,3)8-13-10-6-4-9(5-7-10)11(14)15/h4-7,13H,8H2,1-3H3,(H,14,15). The Kier molecular flexibility index (Phi) is 3.35. The van der Waals surface area contributed by atoms with Crippen LogP contribution in [-0.4, -0.2) is 17.6 Å². The lowest BCUT2D eigenvalue weighted by molar-refractivity contribution is 0.0697. The quantitative estimate of drug-likeness (QED) is 0.801. The van der Waals surface area contributed by atoms with Crippen LogP contribution in [0.25, 0.3) is 0 Å². The Morgan fingerprint density at radius 2 is 1.80 bits per heavy atom. The van der Waals surface area contributed by atoms with Crippen LogP contribution in [0, 0.1) is 5.41 Å². The van der Waals surface area contributed by atoms with Crippen LogP contribution in [0.3, 0.4) is 0 Å². The lowest BCUT2D eigenvalue weighted by atomic mass is 9.97. The van der Waals surface area contributed by atoms with Crippen molar-refractivity contribution in [3.63, 3.8) is 0 Å². The zero-order valence-electron chi connectivity index (χ0n) is 9.37. The number of hydrogen-bond donors (Lipinski definition) is 2. The number of anilines is 1. The van der Waals surface area contributed by atoms with Gasteiger partial charge in [-0.1, -0.05) is 20.8 Å². The van der Waals surface area contributed by atoms with Crippen molar-refractivity contribution in [1.29, 1.82) is 0 Å². The van der Waals surface area contributed by atoms with E-state index in [0.29, 0.717) is 5.56 Å². The largest absolute Gasteiger partial charge is 0.478 e. The van der Waals surface area contributed by atoms with Gasteiger partial charge >= 0.3 is 5.97 Å². The molecule has 0 bridgehead atoms. The van der Waals surface area contributed by atoms with Gasteiger partial charge in [0.15, 0.2) is 0 Å². The van der Waals surface area contributed by atoms with Crippen molar-refractivity contribution >= 4 is 11.7 Å². The molecule has 0 atom stereocenters. The minimum Gasteiger partial charge on any atom is -0.478 e. The fraction of sp³-hybridized carbons (Fsp3) is 0.417. The minimum atomic E-state index is -0.891. The smallest absolute Gasteiger partial charge is 0.335 e. The highest BCUT2D eigenvalue weighted by atomic mass is 16.4. The monoisotopic (exact) mass is 207 g/mol. The second-order valence-electron chi connectivity index (χ2n) is 4.80. The lowest BCUT2D eigenvalue weighted by Gasteiger charge is -2.19. The molecule has 0 unspecified atom stereocenters. The molecule has 0 saturated carbocycles. The molecule has 0 aliphatic carbocycles. The number of rotatable bonds is 3. The van der Waals surface area contributed by atoms with Gasteiger partial charge < -0.3 is 10.4 Å². The highest BCUT2D eigenvalue weighted by Gasteiger charge is 2.09. The summed E-state index contributed by atoms with van der Waals surface area (Å²) in [5.74, 6) is -0.891. The second kappa shape index (κ2) is 4.34. The molecule has 0 amide bonds. The maximum Gasteiger partial charge on any atom is 0.335 e. The molecule has 0 aromatic heterocycles. The van der Waals surface area contributed by atoms with E-state index in [1.807, 2.05) is 0 Å². The number of carboxylic acids is 1. The Bertz CT molecular complexity index is 336. The van der Waals surface area contributed by atoms with Crippen molar-refractivity contribution in [2.75, 3.05) is 11.9 Å². The topological polar surface area (TPSA) is 49.3 Å². The molecule has 0 aliphatic rings. The van der Waals surface area contributed by atoms with Crippen LogP contribution < -0.4 is 5.32 Å². The van der Waals surface area contributed by atoms with E-state index >= 15 is 0 Å². The van der Waals surface area contributed by atoms with E-state index in [-0.39, 0.29) is 5.41 Å². The van der Waals surface area contributed by atoms with Crippen LogP contribution in [0.15, 0.2) is 24.3 Å². The first-order chi connectivity index (χ1) is 6.88. The first kappa shape index (κ1) is 11.6. The molecule has 0 spiro atoms. The molecule has 2 N–H and O–H groups in total. The second-order valence-corrected chi connectivity index (χ2v) is 4.80. The Morgan fingerprint density at radius 3 is 2.20 bits per heavy atom. The Morgan fingerprint density at radius 1 is 1.27 bits per heavy atom. The number of carboxylic acid groups (broad SMARTS) is 1. The zero-order chi connectivity index (χ0) is 11.5. The maximum absolute atomic E-state index is 10.6. The maximum atomic E-state index is 10.6. The molecule has 15 heavy (non-hydrogen) atoms. The summed E-state index contributed by atoms with van der Waals surface area (Å²) in [7, 11) is 0. The first-order valence-corrected chi connectivity index (χ1v) is 4.96. The predicted molar refractivity (Wildman–Crippen MR) is 61.3 cm³/mol. The summed E-state index contributed by atoms with van der Waals surface area (Å²) >= 11 is 0. The van der Waals surface area contributed by atoms with E-state index in [4.69, 9.17) is 5.11 Å². The van der Waals surface area contributed by atoms with Crippen molar-refractivity contribution < 1.29 is 9.90 Å². The third-order valence-electron chi connectivity index (χ3n) is 1.95. The molecule has 1 aromatic rings. The molecule has 0 aliphatic heterocycles. The van der Waals surface area contributed by atoms with E-state index < -0.39 is 5.97 Å². The summed E-state index contributed by atoms with van der Waals surface area (Å²) in [4.78, 5) is 10.6.